The van der Waals surface area contributed by atoms with Gasteiger partial charge in [-0.05, 0) is 37.4 Å². The summed E-state index contributed by atoms with van der Waals surface area (Å²) in [6.07, 6.45) is 1.79. The number of hydrogen-bond donors (Lipinski definition) is 3. The predicted molar refractivity (Wildman–Crippen MR) is 96.7 cm³/mol. The van der Waals surface area contributed by atoms with Crippen molar-refractivity contribution in [1.82, 2.24) is 10.2 Å². The highest BCUT2D eigenvalue weighted by molar-refractivity contribution is 6.59. The predicted octanol–water partition coefficient (Wildman–Crippen LogP) is -1.50. The number of carboxylic acids is 1. The number of likely N-dealkylation sites (tertiary alicyclic amines) is 1. The largest absolute Gasteiger partial charge is 0.669 e. The van der Waals surface area contributed by atoms with Gasteiger partial charge in [0.2, 0.25) is 5.91 Å². The Bertz CT molecular complexity index is 788. The molecule has 0 aromatic heterocycles. The lowest BCUT2D eigenvalue weighted by Crippen LogP contribution is -2.58. The molecular weight excluding hydrogens is 367 g/mol. The number of hydrogen-bond acceptors (Lipinski definition) is 8. The van der Waals surface area contributed by atoms with E-state index in [0.717, 1.165) is 19.4 Å². The Labute approximate surface area is 162 Å². The maximum atomic E-state index is 12.5. The van der Waals surface area contributed by atoms with Gasteiger partial charge < -0.3 is 39.6 Å². The van der Waals surface area contributed by atoms with Gasteiger partial charge >= 0.3 is 6.75 Å². The van der Waals surface area contributed by atoms with Crippen LogP contribution in [-0.2, 0) is 11.2 Å². The summed E-state index contributed by atoms with van der Waals surface area (Å²) in [7, 11) is 0. The topological polar surface area (TPSA) is 131 Å². The Morgan fingerprint density at radius 2 is 2.11 bits per heavy atom. The smallest absolute Gasteiger partial charge is 0.430 e. The van der Waals surface area contributed by atoms with Crippen LogP contribution in [0.3, 0.4) is 0 Å². The van der Waals surface area contributed by atoms with Crippen LogP contribution in [0.2, 0.25) is 6.32 Å². The van der Waals surface area contributed by atoms with Crippen LogP contribution in [-0.4, -0.2) is 65.9 Å². The number of nitrogens with one attached hydrogen (secondary N) is 1. The van der Waals surface area contributed by atoms with Gasteiger partial charge in [0.1, 0.15) is 11.9 Å². The fraction of sp³-hybridized carbons (Fsp3) is 0.556. The first kappa shape index (κ1) is 19.0. The Kier molecular flexibility index (Phi) is 4.94. The number of fused-ring (bicyclic) bond motifs is 1. The molecule has 9 nitrogen and oxygen atoms in total. The lowest BCUT2D eigenvalue weighted by molar-refractivity contribution is -0.255. The summed E-state index contributed by atoms with van der Waals surface area (Å²) in [6.45, 7) is -0.716. The molecule has 1 atom stereocenters. The molecule has 0 radical (unpaired) electrons. The van der Waals surface area contributed by atoms with Crippen molar-refractivity contribution in [2.75, 3.05) is 26.2 Å². The van der Waals surface area contributed by atoms with Crippen molar-refractivity contribution in [2.24, 2.45) is 5.92 Å². The average Bonchev–Trinajstić information content (AvgIpc) is 2.63. The standard InChI is InChI=1S/C18H24BN2O7/c22-17(12-2-1-7-20-8-12)21-9-13(10-21)27-14-4-3-11-5-6-19(25,26)28-16(11)15(14)18(23)24/h3-4,12-13,20,25-26H,1-2,5-10H2,(H,23,24)/q-1/p-1. The van der Waals surface area contributed by atoms with Crippen LogP contribution in [0.1, 0.15) is 28.8 Å². The Balaban J connectivity index is 1.45. The molecule has 152 valence electrons. The average molecular weight is 390 g/mol. The van der Waals surface area contributed by atoms with E-state index >= 15 is 0 Å². The minimum Gasteiger partial charge on any atom is -0.669 e. The molecule has 1 amide bonds. The van der Waals surface area contributed by atoms with Gasteiger partial charge in [0.25, 0.3) is 0 Å². The lowest BCUT2D eigenvalue weighted by atomic mass is 9.70. The molecule has 1 aromatic carbocycles. The molecule has 3 heterocycles. The van der Waals surface area contributed by atoms with E-state index < -0.39 is 12.7 Å². The van der Waals surface area contributed by atoms with Crippen molar-refractivity contribution < 1.29 is 34.1 Å². The molecule has 3 aliphatic heterocycles. The SMILES string of the molecule is O=C([O-])c1c(OC2CN(C(=O)C3CCCNC3)C2)ccc2c1O[B-](O)(O)CC2. The molecular formula is C18H23BN2O7-2. The number of nitrogens with zero attached hydrogens (tertiary/aromatic N) is 1. The zero-order chi connectivity index (χ0) is 19.9. The molecule has 1 unspecified atom stereocenters. The summed E-state index contributed by atoms with van der Waals surface area (Å²) in [5.41, 5.74) is 0.232. The fourth-order valence-electron chi connectivity index (χ4n) is 4.01. The second-order valence-corrected chi connectivity index (χ2v) is 7.76. The number of carbonyl (C=O) groups is 2. The second kappa shape index (κ2) is 7.27. The molecule has 0 saturated carbocycles. The molecule has 0 bridgehead atoms. The van der Waals surface area contributed by atoms with Crippen molar-refractivity contribution in [3.05, 3.63) is 23.3 Å². The monoisotopic (exact) mass is 390 g/mol. The van der Waals surface area contributed by atoms with Crippen molar-refractivity contribution in [3.63, 3.8) is 0 Å². The zero-order valence-corrected chi connectivity index (χ0v) is 15.4. The maximum absolute atomic E-state index is 12.5. The Hall–Kier alpha value is -2.30. The summed E-state index contributed by atoms with van der Waals surface area (Å²) in [6, 6.07) is 3.18. The summed E-state index contributed by atoms with van der Waals surface area (Å²) in [5.74, 6) is -1.51. The highest BCUT2D eigenvalue weighted by Crippen LogP contribution is 2.38. The van der Waals surface area contributed by atoms with Crippen LogP contribution in [0.25, 0.3) is 0 Å². The van der Waals surface area contributed by atoms with Gasteiger partial charge in [0.15, 0.2) is 0 Å². The first-order chi connectivity index (χ1) is 13.3. The quantitative estimate of drug-likeness (QED) is 0.530. The van der Waals surface area contributed by atoms with Crippen molar-refractivity contribution in [3.8, 4) is 11.5 Å². The van der Waals surface area contributed by atoms with E-state index in [4.69, 9.17) is 9.39 Å². The number of aromatic carboxylic acids is 1. The van der Waals surface area contributed by atoms with Crippen molar-refractivity contribution in [2.45, 2.75) is 31.7 Å². The summed E-state index contributed by atoms with van der Waals surface area (Å²) < 4.78 is 10.9. The highest BCUT2D eigenvalue weighted by Gasteiger charge is 2.37. The summed E-state index contributed by atoms with van der Waals surface area (Å²) in [5, 5.41) is 34.4. The van der Waals surface area contributed by atoms with Gasteiger partial charge in [-0.1, -0.05) is 12.4 Å². The van der Waals surface area contributed by atoms with E-state index in [0.29, 0.717) is 25.2 Å². The third-order valence-corrected chi connectivity index (χ3v) is 5.60. The van der Waals surface area contributed by atoms with Crippen LogP contribution in [0.5, 0.6) is 11.5 Å². The Morgan fingerprint density at radius 3 is 2.79 bits per heavy atom. The van der Waals surface area contributed by atoms with E-state index in [-0.39, 0.29) is 47.7 Å². The second-order valence-electron chi connectivity index (χ2n) is 7.76. The van der Waals surface area contributed by atoms with Gasteiger partial charge in [0.05, 0.1) is 36.3 Å². The third kappa shape index (κ3) is 3.67. The highest BCUT2D eigenvalue weighted by atomic mass is 16.6. The summed E-state index contributed by atoms with van der Waals surface area (Å²) in [4.78, 5) is 25.9. The van der Waals surface area contributed by atoms with Gasteiger partial charge in [0, 0.05) is 6.54 Å². The van der Waals surface area contributed by atoms with Crippen molar-refractivity contribution in [1.29, 1.82) is 0 Å². The van der Waals surface area contributed by atoms with Crippen LogP contribution >= 0.6 is 0 Å². The summed E-state index contributed by atoms with van der Waals surface area (Å²) >= 11 is 0. The van der Waals surface area contributed by atoms with E-state index in [1.54, 1.807) is 11.0 Å². The normalized spacial score (nSPS) is 23.9. The number of piperidine rings is 1. The van der Waals surface area contributed by atoms with E-state index in [1.165, 1.54) is 6.07 Å². The number of carbonyl (C=O) groups excluding carboxylic acids is 2. The lowest BCUT2D eigenvalue weighted by Gasteiger charge is -2.42. The minimum atomic E-state index is -3.10. The molecule has 4 rings (SSSR count). The molecule has 1 aromatic rings. The first-order valence-electron chi connectivity index (χ1n) is 9.67. The number of rotatable bonds is 4. The number of benzene rings is 1. The van der Waals surface area contributed by atoms with E-state index in [2.05, 4.69) is 5.32 Å². The number of amides is 1. The van der Waals surface area contributed by atoms with Crippen LogP contribution in [0.4, 0.5) is 0 Å². The zero-order valence-electron chi connectivity index (χ0n) is 15.4. The molecule has 0 spiro atoms. The molecule has 0 aliphatic carbocycles. The van der Waals surface area contributed by atoms with E-state index in [1.807, 2.05) is 0 Å². The molecule has 3 aliphatic rings. The maximum Gasteiger partial charge on any atom is 0.430 e. The van der Waals surface area contributed by atoms with Crippen LogP contribution < -0.4 is 19.8 Å². The van der Waals surface area contributed by atoms with E-state index in [9.17, 15) is 24.7 Å². The van der Waals surface area contributed by atoms with Gasteiger partial charge in [-0.2, -0.15) is 0 Å². The third-order valence-electron chi connectivity index (χ3n) is 5.60. The number of carboxylic acid groups (broad SMARTS) is 1. The van der Waals surface area contributed by atoms with Gasteiger partial charge in [-0.3, -0.25) is 4.79 Å². The van der Waals surface area contributed by atoms with Gasteiger partial charge in [-0.15, -0.1) is 0 Å². The first-order valence-corrected chi connectivity index (χ1v) is 9.67. The molecule has 2 fully saturated rings. The van der Waals surface area contributed by atoms with Crippen LogP contribution in [0.15, 0.2) is 12.1 Å². The Morgan fingerprint density at radius 1 is 1.32 bits per heavy atom. The van der Waals surface area contributed by atoms with Gasteiger partial charge in [-0.25, -0.2) is 0 Å². The number of aryl methyl sites for hydroxylation is 1. The molecule has 2 saturated heterocycles. The molecule has 28 heavy (non-hydrogen) atoms. The molecule has 3 N–H and O–H groups in total. The van der Waals surface area contributed by atoms with Crippen LogP contribution in [0, 0.1) is 5.92 Å². The molecule has 10 heteroatoms. The number of ether oxygens (including phenoxy) is 1. The fourth-order valence-corrected chi connectivity index (χ4v) is 4.01. The minimum absolute atomic E-state index is 0.00455. The van der Waals surface area contributed by atoms with Crippen molar-refractivity contribution >= 4 is 18.6 Å².